The Kier molecular flexibility index (Phi) is 7.91. The molecule has 2 rings (SSSR count). The molecule has 0 radical (unpaired) electrons. The van der Waals surface area contributed by atoms with Crippen molar-refractivity contribution in [3.8, 4) is 0 Å². The van der Waals surface area contributed by atoms with Crippen LogP contribution in [0.5, 0.6) is 0 Å². The first-order valence-electron chi connectivity index (χ1n) is 8.55. The van der Waals surface area contributed by atoms with Gasteiger partial charge in [0, 0.05) is 25.6 Å². The van der Waals surface area contributed by atoms with Gasteiger partial charge in [-0.3, -0.25) is 0 Å². The predicted molar refractivity (Wildman–Crippen MR) is 103 cm³/mol. The minimum Gasteiger partial charge on any atom is -0.461 e. The third-order valence-electron chi connectivity index (χ3n) is 3.76. The van der Waals surface area contributed by atoms with Crippen LogP contribution in [0.1, 0.15) is 34.4 Å². The number of aromatic nitrogens is 1. The summed E-state index contributed by atoms with van der Waals surface area (Å²) in [5, 5.41) is 2.12. The maximum Gasteiger partial charge on any atom is 0.357 e. The summed E-state index contributed by atoms with van der Waals surface area (Å²) in [5.74, 6) is -0.507. The van der Waals surface area contributed by atoms with Crippen molar-refractivity contribution in [2.75, 3.05) is 26.9 Å². The maximum atomic E-state index is 13.1. The smallest absolute Gasteiger partial charge is 0.357 e. The molecule has 7 nitrogen and oxygen atoms in total. The van der Waals surface area contributed by atoms with Crippen molar-refractivity contribution in [3.63, 3.8) is 0 Å². The summed E-state index contributed by atoms with van der Waals surface area (Å²) in [7, 11) is -2.11. The van der Waals surface area contributed by atoms with Crippen LogP contribution in [0.15, 0.2) is 34.5 Å². The second kappa shape index (κ2) is 9.93. The second-order valence-corrected chi connectivity index (χ2v) is 8.73. The Morgan fingerprint density at radius 1 is 1.26 bits per heavy atom. The lowest BCUT2D eigenvalue weighted by Gasteiger charge is -2.21. The predicted octanol–water partition coefficient (Wildman–Crippen LogP) is 2.86. The number of hydrogen-bond acceptors (Lipinski definition) is 7. The van der Waals surface area contributed by atoms with Crippen LogP contribution < -0.4 is 0 Å². The Bertz CT molecular complexity index is 847. The molecule has 0 unspecified atom stereocenters. The van der Waals surface area contributed by atoms with E-state index in [1.807, 2.05) is 6.92 Å². The molecule has 0 spiro atoms. The number of carbonyl (C=O) groups is 1. The van der Waals surface area contributed by atoms with Crippen molar-refractivity contribution in [1.82, 2.24) is 9.29 Å². The monoisotopic (exact) mass is 412 g/mol. The summed E-state index contributed by atoms with van der Waals surface area (Å²) in [5.41, 5.74) is 1.18. The standard InChI is InChI=1S/C18H24N2O5S2/c1-4-25-18(21)16-13-26-17(19-16)12-20(10-5-11-24-3)27(22,23)15-8-6-14(2)7-9-15/h6-9,13H,4-5,10-12H2,1-3H3. The lowest BCUT2D eigenvalue weighted by Crippen LogP contribution is -2.32. The Balaban J connectivity index is 2.23. The van der Waals surface area contributed by atoms with E-state index < -0.39 is 16.0 Å². The fraction of sp³-hybridized carbons (Fsp3) is 0.444. The van der Waals surface area contributed by atoms with Crippen molar-refractivity contribution < 1.29 is 22.7 Å². The number of benzene rings is 1. The van der Waals surface area contributed by atoms with Crippen LogP contribution >= 0.6 is 11.3 Å². The Morgan fingerprint density at radius 3 is 2.59 bits per heavy atom. The fourth-order valence-corrected chi connectivity index (χ4v) is 4.66. The number of esters is 1. The molecule has 0 bridgehead atoms. The van der Waals surface area contributed by atoms with Gasteiger partial charge < -0.3 is 9.47 Å². The van der Waals surface area contributed by atoms with E-state index in [1.165, 1.54) is 15.6 Å². The highest BCUT2D eigenvalue weighted by molar-refractivity contribution is 7.89. The Labute approximate surface area is 164 Å². The number of hydrogen-bond donors (Lipinski definition) is 0. The van der Waals surface area contributed by atoms with Crippen LogP contribution in [0, 0.1) is 6.92 Å². The molecule has 1 heterocycles. The molecule has 0 saturated carbocycles. The van der Waals surface area contributed by atoms with E-state index in [4.69, 9.17) is 9.47 Å². The van der Waals surface area contributed by atoms with Gasteiger partial charge in [0.05, 0.1) is 18.0 Å². The van der Waals surface area contributed by atoms with Gasteiger partial charge in [-0.05, 0) is 32.4 Å². The Hall–Kier alpha value is -1.81. The number of ether oxygens (including phenoxy) is 2. The highest BCUT2D eigenvalue weighted by Crippen LogP contribution is 2.21. The van der Waals surface area contributed by atoms with Gasteiger partial charge in [0.1, 0.15) is 5.01 Å². The topological polar surface area (TPSA) is 85.8 Å². The summed E-state index contributed by atoms with van der Waals surface area (Å²) >= 11 is 1.24. The van der Waals surface area contributed by atoms with Crippen molar-refractivity contribution in [1.29, 1.82) is 0 Å². The molecule has 0 aliphatic carbocycles. The number of rotatable bonds is 10. The molecule has 0 saturated heterocycles. The zero-order valence-electron chi connectivity index (χ0n) is 15.7. The first-order valence-corrected chi connectivity index (χ1v) is 10.9. The van der Waals surface area contributed by atoms with Crippen molar-refractivity contribution in [3.05, 3.63) is 45.9 Å². The number of nitrogens with zero attached hydrogens (tertiary/aromatic N) is 2. The zero-order valence-corrected chi connectivity index (χ0v) is 17.3. The van der Waals surface area contributed by atoms with E-state index in [2.05, 4.69) is 4.98 Å². The molecule has 9 heteroatoms. The maximum absolute atomic E-state index is 13.1. The number of methoxy groups -OCH3 is 1. The number of thiazole rings is 1. The van der Waals surface area contributed by atoms with Crippen LogP contribution in [0.25, 0.3) is 0 Å². The molecular weight excluding hydrogens is 388 g/mol. The van der Waals surface area contributed by atoms with Gasteiger partial charge in [0.2, 0.25) is 10.0 Å². The highest BCUT2D eigenvalue weighted by Gasteiger charge is 2.26. The molecule has 0 atom stereocenters. The summed E-state index contributed by atoms with van der Waals surface area (Å²) in [6.07, 6.45) is 0.553. The van der Waals surface area contributed by atoms with Crippen LogP contribution in [0.3, 0.4) is 0 Å². The summed E-state index contributed by atoms with van der Waals surface area (Å²) in [6.45, 7) is 4.71. The molecule has 0 amide bonds. The third-order valence-corrected chi connectivity index (χ3v) is 6.46. The van der Waals surface area contributed by atoms with Crippen LogP contribution in [-0.4, -0.2) is 50.5 Å². The van der Waals surface area contributed by atoms with Crippen LogP contribution in [0.4, 0.5) is 0 Å². The van der Waals surface area contributed by atoms with Gasteiger partial charge in [0.25, 0.3) is 0 Å². The highest BCUT2D eigenvalue weighted by atomic mass is 32.2. The molecule has 148 valence electrons. The normalized spacial score (nSPS) is 11.7. The number of aryl methyl sites for hydroxylation is 1. The molecule has 0 fully saturated rings. The van der Waals surface area contributed by atoms with Gasteiger partial charge >= 0.3 is 5.97 Å². The first-order chi connectivity index (χ1) is 12.9. The van der Waals surface area contributed by atoms with Gasteiger partial charge in [0.15, 0.2) is 5.69 Å². The lowest BCUT2D eigenvalue weighted by molar-refractivity contribution is 0.0520. The zero-order chi connectivity index (χ0) is 19.9. The van der Waals surface area contributed by atoms with Crippen LogP contribution in [-0.2, 0) is 26.0 Å². The fourth-order valence-electron chi connectivity index (χ4n) is 2.36. The van der Waals surface area contributed by atoms with E-state index in [9.17, 15) is 13.2 Å². The van der Waals surface area contributed by atoms with Crippen molar-refractivity contribution in [2.24, 2.45) is 0 Å². The molecule has 0 aliphatic rings. The summed E-state index contributed by atoms with van der Waals surface area (Å²) < 4.78 is 37.5. The minimum absolute atomic E-state index is 0.0873. The molecule has 27 heavy (non-hydrogen) atoms. The van der Waals surface area contributed by atoms with Crippen LogP contribution in [0.2, 0.25) is 0 Å². The Morgan fingerprint density at radius 2 is 1.96 bits per heavy atom. The average Bonchev–Trinajstić information content (AvgIpc) is 3.10. The third kappa shape index (κ3) is 5.83. The van der Waals surface area contributed by atoms with Gasteiger partial charge in [-0.15, -0.1) is 11.3 Å². The lowest BCUT2D eigenvalue weighted by atomic mass is 10.2. The molecule has 0 aliphatic heterocycles. The van der Waals surface area contributed by atoms with Gasteiger partial charge in [-0.2, -0.15) is 4.31 Å². The van der Waals surface area contributed by atoms with Crippen molar-refractivity contribution in [2.45, 2.75) is 31.7 Å². The quantitative estimate of drug-likeness (QED) is 0.441. The first kappa shape index (κ1) is 21.5. The molecular formula is C18H24N2O5S2. The van der Waals surface area contributed by atoms with E-state index in [0.29, 0.717) is 24.6 Å². The molecule has 0 N–H and O–H groups in total. The largest absolute Gasteiger partial charge is 0.461 e. The molecule has 1 aromatic heterocycles. The van der Waals surface area contributed by atoms with E-state index >= 15 is 0 Å². The van der Waals surface area contributed by atoms with E-state index in [0.717, 1.165) is 5.56 Å². The molecule has 2 aromatic rings. The van der Waals surface area contributed by atoms with Crippen molar-refractivity contribution >= 4 is 27.3 Å². The average molecular weight is 413 g/mol. The number of carbonyl (C=O) groups excluding carboxylic acids is 1. The van der Waals surface area contributed by atoms with E-state index in [-0.39, 0.29) is 23.7 Å². The van der Waals surface area contributed by atoms with E-state index in [1.54, 1.807) is 43.7 Å². The van der Waals surface area contributed by atoms with Gasteiger partial charge in [-0.25, -0.2) is 18.2 Å². The second-order valence-electron chi connectivity index (χ2n) is 5.84. The molecule has 1 aromatic carbocycles. The summed E-state index contributed by atoms with van der Waals surface area (Å²) in [6, 6.07) is 6.73. The number of sulfonamides is 1. The van der Waals surface area contributed by atoms with Gasteiger partial charge in [-0.1, -0.05) is 17.7 Å². The minimum atomic E-state index is -3.69. The summed E-state index contributed by atoms with van der Waals surface area (Å²) in [4.78, 5) is 16.2. The SMILES string of the molecule is CCOC(=O)c1csc(CN(CCCOC)S(=O)(=O)c2ccc(C)cc2)n1.